The van der Waals surface area contributed by atoms with Crippen LogP contribution in [0.25, 0.3) is 10.1 Å². The lowest BCUT2D eigenvalue weighted by atomic mass is 10.2. The summed E-state index contributed by atoms with van der Waals surface area (Å²) in [5, 5.41) is 3.39. The molecule has 2 aromatic rings. The third-order valence-electron chi connectivity index (χ3n) is 2.08. The lowest BCUT2D eigenvalue weighted by Gasteiger charge is -2.07. The Morgan fingerprint density at radius 1 is 1.57 bits per heavy atom. The van der Waals surface area contributed by atoms with Crippen LogP contribution in [0.5, 0.6) is 0 Å². The molecular weight excluding hydrogens is 300 g/mol. The van der Waals surface area contributed by atoms with Crippen molar-refractivity contribution in [3.8, 4) is 0 Å². The molecule has 0 bridgehead atoms. The average molecular weight is 308 g/mol. The van der Waals surface area contributed by atoms with E-state index in [2.05, 4.69) is 39.7 Å². The predicted octanol–water partition coefficient (Wildman–Crippen LogP) is 5.12. The smallest absolute Gasteiger partial charge is 0.0486 e. The molecular formula is C10H8BrClS2. The summed E-state index contributed by atoms with van der Waals surface area (Å²) in [7, 11) is 0. The number of hydrogen-bond acceptors (Lipinski definition) is 2. The van der Waals surface area contributed by atoms with Crippen LogP contribution in [0, 0.1) is 0 Å². The molecule has 0 unspecified atom stereocenters. The predicted molar refractivity (Wildman–Crippen MR) is 70.9 cm³/mol. The van der Waals surface area contributed by atoms with Crippen molar-refractivity contribution in [1.82, 2.24) is 0 Å². The van der Waals surface area contributed by atoms with Crippen LogP contribution in [0.2, 0.25) is 0 Å². The zero-order chi connectivity index (χ0) is 10.1. The van der Waals surface area contributed by atoms with Gasteiger partial charge in [-0.2, -0.15) is 0 Å². The first-order valence-electron chi connectivity index (χ1n) is 4.06. The summed E-state index contributed by atoms with van der Waals surface area (Å²) < 4.78 is 2.48. The molecule has 1 heterocycles. The minimum Gasteiger partial charge on any atom is -0.144 e. The number of rotatable bonds is 2. The maximum atomic E-state index is 5.92. The van der Waals surface area contributed by atoms with Gasteiger partial charge in [0.25, 0.3) is 0 Å². The van der Waals surface area contributed by atoms with E-state index >= 15 is 0 Å². The van der Waals surface area contributed by atoms with Gasteiger partial charge in [0.2, 0.25) is 0 Å². The van der Waals surface area contributed by atoms with E-state index in [4.69, 9.17) is 11.6 Å². The van der Waals surface area contributed by atoms with Crippen LogP contribution in [-0.2, 0) is 5.88 Å². The number of benzene rings is 1. The van der Waals surface area contributed by atoms with E-state index in [1.165, 1.54) is 25.0 Å². The number of fused-ring (bicyclic) bond motifs is 1. The van der Waals surface area contributed by atoms with E-state index in [0.717, 1.165) is 0 Å². The highest BCUT2D eigenvalue weighted by Gasteiger charge is 2.10. The van der Waals surface area contributed by atoms with E-state index in [9.17, 15) is 0 Å². The van der Waals surface area contributed by atoms with Crippen LogP contribution in [-0.4, -0.2) is 6.26 Å². The van der Waals surface area contributed by atoms with Gasteiger partial charge in [-0.05, 0) is 45.3 Å². The second kappa shape index (κ2) is 4.44. The molecule has 0 fully saturated rings. The molecule has 0 atom stereocenters. The summed E-state index contributed by atoms with van der Waals surface area (Å²) >= 11 is 13.1. The van der Waals surface area contributed by atoms with Gasteiger partial charge in [-0.25, -0.2) is 0 Å². The lowest BCUT2D eigenvalue weighted by Crippen LogP contribution is -1.85. The van der Waals surface area contributed by atoms with Crippen LogP contribution in [0.3, 0.4) is 0 Å². The molecule has 1 aromatic carbocycles. The first kappa shape index (κ1) is 10.8. The van der Waals surface area contributed by atoms with Crippen molar-refractivity contribution in [3.63, 3.8) is 0 Å². The number of halogens is 2. The van der Waals surface area contributed by atoms with Crippen LogP contribution < -0.4 is 0 Å². The maximum absolute atomic E-state index is 5.92. The summed E-state index contributed by atoms with van der Waals surface area (Å²) in [4.78, 5) is 1.26. The van der Waals surface area contributed by atoms with Gasteiger partial charge in [0.15, 0.2) is 0 Å². The molecule has 0 aliphatic carbocycles. The van der Waals surface area contributed by atoms with Crippen LogP contribution in [0.1, 0.15) is 5.56 Å². The van der Waals surface area contributed by atoms with Crippen molar-refractivity contribution in [2.24, 2.45) is 0 Å². The van der Waals surface area contributed by atoms with Crippen LogP contribution in [0.15, 0.2) is 26.9 Å². The quantitative estimate of drug-likeness (QED) is 0.548. The molecule has 0 saturated carbocycles. The highest BCUT2D eigenvalue weighted by atomic mass is 79.9. The van der Waals surface area contributed by atoms with Crippen molar-refractivity contribution in [2.45, 2.75) is 10.8 Å². The molecule has 0 saturated heterocycles. The summed E-state index contributed by atoms with van der Waals surface area (Å²) in [5.41, 5.74) is 1.21. The largest absolute Gasteiger partial charge is 0.144 e. The van der Waals surface area contributed by atoms with E-state index < -0.39 is 0 Å². The van der Waals surface area contributed by atoms with Crippen molar-refractivity contribution in [3.05, 3.63) is 27.5 Å². The van der Waals surface area contributed by atoms with Crippen molar-refractivity contribution < 1.29 is 0 Å². The first-order valence-corrected chi connectivity index (χ1v) is 7.49. The molecule has 2 rings (SSSR count). The highest BCUT2D eigenvalue weighted by Crippen LogP contribution is 2.38. The van der Waals surface area contributed by atoms with Crippen LogP contribution in [0.4, 0.5) is 0 Å². The Bertz CT molecular complexity index is 464. The van der Waals surface area contributed by atoms with Gasteiger partial charge in [-0.1, -0.05) is 0 Å². The minimum absolute atomic E-state index is 0.572. The van der Waals surface area contributed by atoms with E-state index in [1.807, 2.05) is 0 Å². The molecule has 14 heavy (non-hydrogen) atoms. The Hall–Kier alpha value is 0.300. The lowest BCUT2D eigenvalue weighted by molar-refractivity contribution is 1.27. The molecule has 0 spiro atoms. The monoisotopic (exact) mass is 306 g/mol. The van der Waals surface area contributed by atoms with Crippen molar-refractivity contribution in [1.29, 1.82) is 0 Å². The maximum Gasteiger partial charge on any atom is 0.0486 e. The zero-order valence-electron chi connectivity index (χ0n) is 7.51. The molecule has 0 amide bonds. The Balaban J connectivity index is 2.79. The second-order valence-corrected chi connectivity index (χ2v) is 5.67. The van der Waals surface area contributed by atoms with Gasteiger partial charge in [-0.15, -0.1) is 34.7 Å². The zero-order valence-corrected chi connectivity index (χ0v) is 11.5. The fraction of sp³-hybridized carbons (Fsp3) is 0.200. The van der Waals surface area contributed by atoms with Crippen molar-refractivity contribution >= 4 is 60.7 Å². The minimum atomic E-state index is 0.572. The SMILES string of the molecule is CSc1c(CCl)cc2sccc2c1Br. The van der Waals surface area contributed by atoms with Gasteiger partial charge < -0.3 is 0 Å². The third-order valence-corrected chi connectivity index (χ3v) is 5.19. The highest BCUT2D eigenvalue weighted by molar-refractivity contribution is 9.10. The second-order valence-electron chi connectivity index (χ2n) is 2.85. The normalized spacial score (nSPS) is 11.1. The Morgan fingerprint density at radius 3 is 3.00 bits per heavy atom. The Kier molecular flexibility index (Phi) is 3.42. The molecule has 1 aromatic heterocycles. The van der Waals surface area contributed by atoms with E-state index in [0.29, 0.717) is 5.88 Å². The Labute approximate surface area is 105 Å². The number of thiophene rings is 1. The Morgan fingerprint density at radius 2 is 2.36 bits per heavy atom. The summed E-state index contributed by atoms with van der Waals surface area (Å²) in [5.74, 6) is 0.572. The number of hydrogen-bond donors (Lipinski definition) is 0. The van der Waals surface area contributed by atoms with Crippen LogP contribution >= 0.6 is 50.6 Å². The molecule has 4 heteroatoms. The number of thioether (sulfide) groups is 1. The molecule has 74 valence electrons. The molecule has 0 aliphatic rings. The van der Waals surface area contributed by atoms with E-state index in [1.54, 1.807) is 23.1 Å². The fourth-order valence-corrected chi connectivity index (χ4v) is 4.47. The fourth-order valence-electron chi connectivity index (χ4n) is 1.42. The van der Waals surface area contributed by atoms with E-state index in [-0.39, 0.29) is 0 Å². The molecule has 0 aliphatic heterocycles. The standard InChI is InChI=1S/C10H8BrClS2/c1-13-10-6(5-12)4-8-7(9(10)11)2-3-14-8/h2-4H,5H2,1H3. The third kappa shape index (κ3) is 1.71. The average Bonchev–Trinajstić information content (AvgIpc) is 2.65. The summed E-state index contributed by atoms with van der Waals surface area (Å²) in [6, 6.07) is 4.32. The van der Waals surface area contributed by atoms with Gasteiger partial charge in [0, 0.05) is 25.3 Å². The molecule has 0 N–H and O–H groups in total. The van der Waals surface area contributed by atoms with Gasteiger partial charge in [-0.3, -0.25) is 0 Å². The summed E-state index contributed by atoms with van der Waals surface area (Å²) in [6.45, 7) is 0. The molecule has 0 radical (unpaired) electrons. The first-order chi connectivity index (χ1) is 6.77. The van der Waals surface area contributed by atoms with Gasteiger partial charge in [0.1, 0.15) is 0 Å². The van der Waals surface area contributed by atoms with Gasteiger partial charge >= 0.3 is 0 Å². The van der Waals surface area contributed by atoms with Gasteiger partial charge in [0.05, 0.1) is 0 Å². The van der Waals surface area contributed by atoms with Crippen molar-refractivity contribution in [2.75, 3.05) is 6.26 Å². The molecule has 0 nitrogen and oxygen atoms in total. The number of alkyl halides is 1. The topological polar surface area (TPSA) is 0 Å². The summed E-state index contributed by atoms with van der Waals surface area (Å²) in [6.07, 6.45) is 2.08.